The molecule has 144 valence electrons. The summed E-state index contributed by atoms with van der Waals surface area (Å²) in [5.74, 6) is -1.21. The summed E-state index contributed by atoms with van der Waals surface area (Å²) in [4.78, 5) is 35.4. The van der Waals surface area contributed by atoms with E-state index >= 15 is 0 Å². The number of benzene rings is 2. The number of nitrogens with one attached hydrogen (secondary N) is 1. The van der Waals surface area contributed by atoms with Crippen molar-refractivity contribution in [1.29, 1.82) is 0 Å². The molecule has 0 unspecified atom stereocenters. The molecule has 0 spiro atoms. The van der Waals surface area contributed by atoms with Crippen molar-refractivity contribution < 1.29 is 24.2 Å². The van der Waals surface area contributed by atoms with Gasteiger partial charge in [-0.05, 0) is 58.9 Å². The second-order valence-electron chi connectivity index (χ2n) is 6.24. The number of carboxylic acid groups (broad SMARTS) is 1. The third-order valence-electron chi connectivity index (χ3n) is 4.00. The minimum atomic E-state index is -1.26. The molecule has 28 heavy (non-hydrogen) atoms. The maximum atomic E-state index is 12.2. The van der Waals surface area contributed by atoms with Crippen molar-refractivity contribution in [2.75, 3.05) is 6.54 Å². The number of hydrogen-bond acceptors (Lipinski definition) is 4. The number of carbonyl (C=O) groups is 3. The first kappa shape index (κ1) is 19.9. The van der Waals surface area contributed by atoms with Crippen LogP contribution in [0.3, 0.4) is 0 Å². The van der Waals surface area contributed by atoms with Gasteiger partial charge < -0.3 is 15.2 Å². The Kier molecular flexibility index (Phi) is 5.98. The van der Waals surface area contributed by atoms with Crippen LogP contribution in [0.25, 0.3) is 6.08 Å². The maximum Gasteiger partial charge on any atom is 0.329 e. The third-order valence-corrected chi connectivity index (χ3v) is 4.84. The number of amides is 3. The molecule has 2 N–H and O–H groups in total. The van der Waals surface area contributed by atoms with Crippen LogP contribution >= 0.6 is 22.6 Å². The molecule has 0 aliphatic carbocycles. The Bertz CT molecular complexity index is 986. The lowest BCUT2D eigenvalue weighted by molar-refractivity contribution is -0.140. The molecule has 0 saturated carbocycles. The van der Waals surface area contributed by atoms with Gasteiger partial charge >= 0.3 is 12.0 Å². The highest BCUT2D eigenvalue weighted by Crippen LogP contribution is 2.25. The fourth-order valence-electron chi connectivity index (χ4n) is 2.70. The van der Waals surface area contributed by atoms with Crippen molar-refractivity contribution in [3.8, 4) is 5.75 Å². The van der Waals surface area contributed by atoms with Gasteiger partial charge in [0.15, 0.2) is 0 Å². The van der Waals surface area contributed by atoms with Crippen LogP contribution in [-0.4, -0.2) is 34.5 Å². The molecule has 3 rings (SSSR count). The highest BCUT2D eigenvalue weighted by molar-refractivity contribution is 14.1. The number of aryl methyl sites for hydroxylation is 1. The Labute approximate surface area is 175 Å². The lowest BCUT2D eigenvalue weighted by Crippen LogP contribution is -2.35. The third kappa shape index (κ3) is 4.69. The van der Waals surface area contributed by atoms with E-state index in [0.717, 1.165) is 14.7 Å². The van der Waals surface area contributed by atoms with E-state index in [9.17, 15) is 14.4 Å². The van der Waals surface area contributed by atoms with E-state index in [4.69, 9.17) is 9.84 Å². The number of nitrogens with zero attached hydrogens (tertiary/aromatic N) is 1. The Morgan fingerprint density at radius 3 is 2.71 bits per heavy atom. The average molecular weight is 492 g/mol. The van der Waals surface area contributed by atoms with E-state index < -0.39 is 24.5 Å². The first-order valence-corrected chi connectivity index (χ1v) is 9.45. The molecule has 1 heterocycles. The van der Waals surface area contributed by atoms with Gasteiger partial charge in [0.1, 0.15) is 24.6 Å². The van der Waals surface area contributed by atoms with Crippen molar-refractivity contribution in [2.24, 2.45) is 0 Å². The summed E-state index contributed by atoms with van der Waals surface area (Å²) in [6.45, 7) is 1.79. The smallest absolute Gasteiger partial charge is 0.329 e. The van der Waals surface area contributed by atoms with Crippen LogP contribution in [0.1, 0.15) is 16.7 Å². The molecule has 0 radical (unpaired) electrons. The number of ether oxygens (including phenoxy) is 1. The van der Waals surface area contributed by atoms with Gasteiger partial charge in [0.25, 0.3) is 5.91 Å². The van der Waals surface area contributed by atoms with Crippen molar-refractivity contribution in [1.82, 2.24) is 10.2 Å². The highest BCUT2D eigenvalue weighted by atomic mass is 127. The topological polar surface area (TPSA) is 95.9 Å². The van der Waals surface area contributed by atoms with Crippen LogP contribution in [0.2, 0.25) is 0 Å². The van der Waals surface area contributed by atoms with E-state index in [1.165, 1.54) is 6.08 Å². The van der Waals surface area contributed by atoms with Gasteiger partial charge in [-0.1, -0.05) is 35.9 Å². The Morgan fingerprint density at radius 2 is 2.04 bits per heavy atom. The molecule has 1 aliphatic rings. The maximum absolute atomic E-state index is 12.2. The molecule has 0 atom stereocenters. The van der Waals surface area contributed by atoms with Crippen LogP contribution in [0.4, 0.5) is 4.79 Å². The van der Waals surface area contributed by atoms with Gasteiger partial charge in [-0.3, -0.25) is 9.59 Å². The van der Waals surface area contributed by atoms with Gasteiger partial charge in [-0.15, -0.1) is 0 Å². The summed E-state index contributed by atoms with van der Waals surface area (Å²) in [7, 11) is 0. The van der Waals surface area contributed by atoms with Gasteiger partial charge in [0.05, 0.1) is 3.57 Å². The van der Waals surface area contributed by atoms with Crippen molar-refractivity contribution >= 4 is 46.6 Å². The van der Waals surface area contributed by atoms with E-state index in [1.807, 2.05) is 31.2 Å². The molecule has 8 heteroatoms. The summed E-state index contributed by atoms with van der Waals surface area (Å²) in [6, 6.07) is 12.7. The summed E-state index contributed by atoms with van der Waals surface area (Å²) in [5, 5.41) is 11.2. The molecule has 2 aromatic rings. The molecule has 7 nitrogen and oxygen atoms in total. The number of halogens is 1. The molecule has 0 aromatic heterocycles. The monoisotopic (exact) mass is 492 g/mol. The fourth-order valence-corrected chi connectivity index (χ4v) is 3.40. The minimum Gasteiger partial charge on any atom is -0.488 e. The summed E-state index contributed by atoms with van der Waals surface area (Å²) >= 11 is 2.14. The Balaban J connectivity index is 1.72. The second kappa shape index (κ2) is 8.42. The zero-order chi connectivity index (χ0) is 20.3. The number of urea groups is 1. The fraction of sp³-hybridized carbons (Fsp3) is 0.150. The lowest BCUT2D eigenvalue weighted by Gasteiger charge is -2.10. The average Bonchev–Trinajstić information content (AvgIpc) is 2.88. The van der Waals surface area contributed by atoms with E-state index in [0.29, 0.717) is 22.8 Å². The molecule has 2 aromatic carbocycles. The molecule has 0 bridgehead atoms. The molecular weight excluding hydrogens is 475 g/mol. The SMILES string of the molecule is Cc1cccc(COc2ccc(/C=C3/NC(=O)N(CC(=O)O)C3=O)cc2I)c1. The Hall–Kier alpha value is -2.88. The molecule has 3 amide bonds. The standard InChI is InChI=1S/C20H17IN2O5/c1-12-3-2-4-14(7-12)11-28-17-6-5-13(8-15(17)21)9-16-19(26)23(10-18(24)25)20(27)22-16/h2-9H,10-11H2,1H3,(H,22,27)(H,24,25)/b16-9+. The van der Waals surface area contributed by atoms with Crippen LogP contribution in [-0.2, 0) is 16.2 Å². The van der Waals surface area contributed by atoms with Gasteiger partial charge in [0, 0.05) is 0 Å². The Morgan fingerprint density at radius 1 is 1.25 bits per heavy atom. The van der Waals surface area contributed by atoms with E-state index in [-0.39, 0.29) is 5.70 Å². The van der Waals surface area contributed by atoms with Gasteiger partial charge in [-0.2, -0.15) is 0 Å². The van der Waals surface area contributed by atoms with Crippen LogP contribution < -0.4 is 10.1 Å². The molecule has 1 aliphatic heterocycles. The first-order valence-electron chi connectivity index (χ1n) is 8.38. The van der Waals surface area contributed by atoms with Crippen LogP contribution in [0, 0.1) is 10.5 Å². The quantitative estimate of drug-likeness (QED) is 0.367. The summed E-state index contributed by atoms with van der Waals surface area (Å²) in [5.41, 5.74) is 2.96. The zero-order valence-corrected chi connectivity index (χ0v) is 17.1. The lowest BCUT2D eigenvalue weighted by atomic mass is 10.1. The number of imide groups is 1. The normalized spacial score (nSPS) is 15.1. The highest BCUT2D eigenvalue weighted by Gasteiger charge is 2.34. The molecule has 1 fully saturated rings. The number of hydrogen-bond donors (Lipinski definition) is 2. The van der Waals surface area contributed by atoms with Crippen LogP contribution in [0.5, 0.6) is 5.75 Å². The first-order chi connectivity index (χ1) is 13.3. The van der Waals surface area contributed by atoms with Gasteiger partial charge in [-0.25, -0.2) is 9.69 Å². The predicted molar refractivity (Wildman–Crippen MR) is 111 cm³/mol. The number of carbonyl (C=O) groups excluding carboxylic acids is 2. The van der Waals surface area contributed by atoms with E-state index in [2.05, 4.69) is 34.0 Å². The molecule has 1 saturated heterocycles. The van der Waals surface area contributed by atoms with Crippen molar-refractivity contribution in [2.45, 2.75) is 13.5 Å². The number of carboxylic acids is 1. The second-order valence-corrected chi connectivity index (χ2v) is 7.40. The van der Waals surface area contributed by atoms with E-state index in [1.54, 1.807) is 12.1 Å². The molecular formula is C20H17IN2O5. The number of aliphatic carboxylic acids is 1. The zero-order valence-electron chi connectivity index (χ0n) is 14.9. The number of rotatable bonds is 6. The predicted octanol–water partition coefficient (Wildman–Crippen LogP) is 3.16. The van der Waals surface area contributed by atoms with Crippen molar-refractivity contribution in [3.63, 3.8) is 0 Å². The minimum absolute atomic E-state index is 0.0375. The van der Waals surface area contributed by atoms with Crippen LogP contribution in [0.15, 0.2) is 48.2 Å². The summed E-state index contributed by atoms with van der Waals surface area (Å²) < 4.78 is 6.71. The van der Waals surface area contributed by atoms with Crippen molar-refractivity contribution in [3.05, 3.63) is 68.4 Å². The largest absolute Gasteiger partial charge is 0.488 e. The van der Waals surface area contributed by atoms with Gasteiger partial charge in [0.2, 0.25) is 0 Å². The summed E-state index contributed by atoms with van der Waals surface area (Å²) in [6.07, 6.45) is 1.51.